The van der Waals surface area contributed by atoms with Gasteiger partial charge in [0.25, 0.3) is 0 Å². The van der Waals surface area contributed by atoms with Gasteiger partial charge in [-0.3, -0.25) is 0 Å². The maximum Gasteiger partial charge on any atom is 0.125 e. The fourth-order valence-corrected chi connectivity index (χ4v) is 2.32. The molecule has 0 unspecified atom stereocenters. The highest BCUT2D eigenvalue weighted by Crippen LogP contribution is 2.48. The zero-order chi connectivity index (χ0) is 9.35. The number of nitrogens with two attached hydrogens (primary N) is 1. The van der Waals surface area contributed by atoms with Crippen LogP contribution in [-0.4, -0.2) is 18.8 Å². The Kier molecular flexibility index (Phi) is 2.33. The number of anilines is 1. The van der Waals surface area contributed by atoms with E-state index in [4.69, 9.17) is 5.73 Å². The van der Waals surface area contributed by atoms with Crippen LogP contribution in [0.5, 0.6) is 0 Å². The van der Waals surface area contributed by atoms with E-state index in [1.165, 1.54) is 12.1 Å². The molecule has 0 aliphatic carbocycles. The summed E-state index contributed by atoms with van der Waals surface area (Å²) in [5, 5.41) is 0. The van der Waals surface area contributed by atoms with Gasteiger partial charge in [0.1, 0.15) is 5.82 Å². The number of rotatable bonds is 1. The van der Waals surface area contributed by atoms with Gasteiger partial charge in [-0.15, -0.1) is 0 Å². The van der Waals surface area contributed by atoms with Crippen molar-refractivity contribution >= 4 is 15.7 Å². The molecule has 0 bridgehead atoms. The molecule has 0 spiro atoms. The van der Waals surface area contributed by atoms with Gasteiger partial charge < -0.3 is 5.73 Å². The predicted octanol–water partition coefficient (Wildman–Crippen LogP) is 2.46. The second-order valence-electron chi connectivity index (χ2n) is 3.52. The molecule has 1 aromatic rings. The van der Waals surface area contributed by atoms with Crippen LogP contribution in [0.15, 0.2) is 23.1 Å². The number of benzene rings is 1. The molecular formula is C9H14FNS. The fraction of sp³-hybridized carbons (Fsp3) is 0.333. The zero-order valence-electron chi connectivity index (χ0n) is 7.60. The van der Waals surface area contributed by atoms with Crippen LogP contribution in [0.3, 0.4) is 0 Å². The van der Waals surface area contributed by atoms with Crippen molar-refractivity contribution in [3.8, 4) is 0 Å². The average Bonchev–Trinajstić information content (AvgIpc) is 1.83. The van der Waals surface area contributed by atoms with E-state index in [9.17, 15) is 4.39 Å². The molecule has 3 heteroatoms. The monoisotopic (exact) mass is 187 g/mol. The Morgan fingerprint density at radius 3 is 2.25 bits per heavy atom. The van der Waals surface area contributed by atoms with Crippen molar-refractivity contribution in [3.63, 3.8) is 0 Å². The molecule has 1 nitrogen and oxygen atoms in total. The first-order chi connectivity index (χ1) is 5.41. The van der Waals surface area contributed by atoms with E-state index in [-0.39, 0.29) is 5.82 Å². The highest BCUT2D eigenvalue weighted by Gasteiger charge is 2.11. The van der Waals surface area contributed by atoms with Crippen molar-refractivity contribution < 1.29 is 4.39 Å². The summed E-state index contributed by atoms with van der Waals surface area (Å²) in [6, 6.07) is 4.62. The third kappa shape index (κ3) is 1.91. The van der Waals surface area contributed by atoms with Crippen LogP contribution in [0.2, 0.25) is 0 Å². The molecule has 68 valence electrons. The highest BCUT2D eigenvalue weighted by atomic mass is 32.3. The Morgan fingerprint density at radius 1 is 1.25 bits per heavy atom. The molecule has 0 aromatic heterocycles. The van der Waals surface area contributed by atoms with Crippen molar-refractivity contribution in [2.24, 2.45) is 0 Å². The first-order valence-electron chi connectivity index (χ1n) is 3.64. The lowest BCUT2D eigenvalue weighted by Gasteiger charge is -2.27. The number of hydrogen-bond acceptors (Lipinski definition) is 1. The van der Waals surface area contributed by atoms with Crippen LogP contribution in [0, 0.1) is 5.82 Å². The van der Waals surface area contributed by atoms with Crippen LogP contribution in [0.1, 0.15) is 0 Å². The lowest BCUT2D eigenvalue weighted by Crippen LogP contribution is -1.99. The third-order valence-corrected chi connectivity index (χ3v) is 3.32. The highest BCUT2D eigenvalue weighted by molar-refractivity contribution is 8.32. The van der Waals surface area contributed by atoms with Crippen LogP contribution in [0.4, 0.5) is 10.1 Å². The van der Waals surface area contributed by atoms with Crippen molar-refractivity contribution in [3.05, 3.63) is 24.0 Å². The summed E-state index contributed by atoms with van der Waals surface area (Å²) in [5.74, 6) is -0.264. The van der Waals surface area contributed by atoms with E-state index >= 15 is 0 Å². The Hall–Kier alpha value is -0.700. The molecule has 1 aromatic carbocycles. The standard InChI is InChI=1S/C9H14FNS/c1-12(2,3)9-5-4-7(10)6-8(9)11/h4-6H,11H2,1-3H3. The average molecular weight is 187 g/mol. The predicted molar refractivity (Wildman–Crippen MR) is 54.4 cm³/mol. The zero-order valence-corrected chi connectivity index (χ0v) is 8.41. The quantitative estimate of drug-likeness (QED) is 0.671. The van der Waals surface area contributed by atoms with Crippen LogP contribution < -0.4 is 5.73 Å². The fourth-order valence-electron chi connectivity index (χ4n) is 1.08. The summed E-state index contributed by atoms with van der Waals surface area (Å²) in [5.41, 5.74) is 6.26. The Morgan fingerprint density at radius 2 is 1.83 bits per heavy atom. The van der Waals surface area contributed by atoms with E-state index in [0.29, 0.717) is 5.69 Å². The summed E-state index contributed by atoms with van der Waals surface area (Å²) in [4.78, 5) is 1.07. The molecule has 0 heterocycles. The molecule has 0 radical (unpaired) electrons. The summed E-state index contributed by atoms with van der Waals surface area (Å²) in [6.07, 6.45) is 6.41. The van der Waals surface area contributed by atoms with Crippen LogP contribution >= 0.6 is 10.0 Å². The summed E-state index contributed by atoms with van der Waals surface area (Å²) in [6.45, 7) is 0. The Balaban J connectivity index is 3.19. The first-order valence-corrected chi connectivity index (χ1v) is 6.50. The molecule has 0 saturated heterocycles. The molecule has 0 amide bonds. The van der Waals surface area contributed by atoms with Crippen molar-refractivity contribution in [2.75, 3.05) is 24.5 Å². The minimum Gasteiger partial charge on any atom is -0.398 e. The van der Waals surface area contributed by atoms with Gasteiger partial charge in [-0.05, 0) is 37.0 Å². The van der Waals surface area contributed by atoms with E-state index < -0.39 is 10.0 Å². The van der Waals surface area contributed by atoms with Crippen LogP contribution in [-0.2, 0) is 0 Å². The maximum atomic E-state index is 12.7. The molecule has 0 fully saturated rings. The number of halogens is 1. The second kappa shape index (κ2) is 2.98. The number of nitrogen functional groups attached to an aromatic ring is 1. The van der Waals surface area contributed by atoms with E-state index in [2.05, 4.69) is 18.8 Å². The molecule has 12 heavy (non-hydrogen) atoms. The van der Waals surface area contributed by atoms with Gasteiger partial charge in [-0.1, -0.05) is 0 Å². The molecular weight excluding hydrogens is 173 g/mol. The Labute approximate surface area is 74.1 Å². The van der Waals surface area contributed by atoms with Crippen LogP contribution in [0.25, 0.3) is 0 Å². The maximum absolute atomic E-state index is 12.7. The SMILES string of the molecule is CS(C)(C)c1ccc(F)cc1N. The first kappa shape index (κ1) is 9.39. The summed E-state index contributed by atoms with van der Waals surface area (Å²) >= 11 is 0. The van der Waals surface area contributed by atoms with Crippen molar-refractivity contribution in [1.29, 1.82) is 0 Å². The second-order valence-corrected chi connectivity index (χ2v) is 7.63. The van der Waals surface area contributed by atoms with Gasteiger partial charge in [-0.25, -0.2) is 14.4 Å². The smallest absolute Gasteiger partial charge is 0.125 e. The molecule has 0 aliphatic rings. The molecule has 0 saturated carbocycles. The lowest BCUT2D eigenvalue weighted by molar-refractivity contribution is 0.627. The summed E-state index contributed by atoms with van der Waals surface area (Å²) < 4.78 is 12.7. The van der Waals surface area contributed by atoms with Crippen molar-refractivity contribution in [2.45, 2.75) is 4.90 Å². The van der Waals surface area contributed by atoms with Gasteiger partial charge in [0, 0.05) is 10.6 Å². The minimum atomic E-state index is -0.842. The minimum absolute atomic E-state index is 0.264. The largest absolute Gasteiger partial charge is 0.398 e. The topological polar surface area (TPSA) is 26.0 Å². The Bertz CT molecular complexity index is 291. The molecule has 1 rings (SSSR count). The number of hydrogen-bond donors (Lipinski definition) is 1. The van der Waals surface area contributed by atoms with E-state index in [1.807, 2.05) is 0 Å². The summed E-state index contributed by atoms with van der Waals surface area (Å²) in [7, 11) is -0.842. The van der Waals surface area contributed by atoms with Gasteiger partial charge in [0.2, 0.25) is 0 Å². The third-order valence-electron chi connectivity index (χ3n) is 1.63. The lowest BCUT2D eigenvalue weighted by atomic mass is 10.3. The normalized spacial score (nSPS) is 13.0. The van der Waals surface area contributed by atoms with Gasteiger partial charge in [0.15, 0.2) is 0 Å². The molecule has 0 atom stereocenters. The van der Waals surface area contributed by atoms with Gasteiger partial charge >= 0.3 is 0 Å². The van der Waals surface area contributed by atoms with Crippen molar-refractivity contribution in [1.82, 2.24) is 0 Å². The van der Waals surface area contributed by atoms with Gasteiger partial charge in [0.05, 0.1) is 0 Å². The molecule has 0 aliphatic heterocycles. The van der Waals surface area contributed by atoms with E-state index in [0.717, 1.165) is 4.90 Å². The van der Waals surface area contributed by atoms with Gasteiger partial charge in [-0.2, -0.15) is 0 Å². The molecule has 2 N–H and O–H groups in total. The van der Waals surface area contributed by atoms with E-state index in [1.54, 1.807) is 6.07 Å².